The van der Waals surface area contributed by atoms with Gasteiger partial charge in [-0.2, -0.15) is 13.2 Å². The zero-order valence-electron chi connectivity index (χ0n) is 16.0. The van der Waals surface area contributed by atoms with Gasteiger partial charge in [0.15, 0.2) is 0 Å². The maximum absolute atomic E-state index is 15.2. The summed E-state index contributed by atoms with van der Waals surface area (Å²) in [5.74, 6) is -8.73. The van der Waals surface area contributed by atoms with Gasteiger partial charge in [-0.15, -0.1) is 0 Å². The van der Waals surface area contributed by atoms with Crippen LogP contribution in [0.1, 0.15) is 17.5 Å². The van der Waals surface area contributed by atoms with Gasteiger partial charge in [0.1, 0.15) is 6.54 Å². The average molecular weight is 463 g/mol. The van der Waals surface area contributed by atoms with Gasteiger partial charge in [0.25, 0.3) is 5.92 Å². The largest absolute Gasteiger partial charge is 0.488 e. The number of carbonyl (C=O) groups is 2. The van der Waals surface area contributed by atoms with Crippen molar-refractivity contribution in [2.75, 3.05) is 6.54 Å². The number of allylic oxidation sites excluding steroid dienone is 3. The normalized spacial score (nSPS) is 16.7. The van der Waals surface area contributed by atoms with E-state index < -0.39 is 84.7 Å². The topological polar surface area (TPSA) is 147 Å². The molecular formula is C17H16B2F5NO7. The summed E-state index contributed by atoms with van der Waals surface area (Å²) in [5.41, 5.74) is -4.70. The van der Waals surface area contributed by atoms with Crippen LogP contribution in [0, 0.1) is 5.92 Å². The van der Waals surface area contributed by atoms with E-state index in [4.69, 9.17) is 5.11 Å². The summed E-state index contributed by atoms with van der Waals surface area (Å²) in [6.45, 7) is -0.858. The van der Waals surface area contributed by atoms with E-state index in [0.29, 0.717) is 12.1 Å². The number of carboxylic acids is 1. The summed E-state index contributed by atoms with van der Waals surface area (Å²) in [7, 11) is -4.80. The second kappa shape index (κ2) is 9.40. The minimum atomic E-state index is -5.09. The quantitative estimate of drug-likeness (QED) is 0.238. The van der Waals surface area contributed by atoms with E-state index in [1.807, 2.05) is 5.32 Å². The fraction of sp³-hybridized carbons (Fsp3) is 0.294. The molecule has 1 aromatic rings. The fourth-order valence-corrected chi connectivity index (χ4v) is 3.03. The SMILES string of the molecule is O=C(O)CNC(=O)C1=CC(B(O)O)=CC(C(F)(F)c2cc(B(O)O)cc(C(F)(F)F)c2)C1. The minimum absolute atomic E-state index is 0.108. The van der Waals surface area contributed by atoms with Crippen LogP contribution in [0.3, 0.4) is 0 Å². The fourth-order valence-electron chi connectivity index (χ4n) is 3.03. The molecule has 0 fully saturated rings. The van der Waals surface area contributed by atoms with Crippen molar-refractivity contribution in [2.45, 2.75) is 18.5 Å². The number of aliphatic carboxylic acids is 1. The highest BCUT2D eigenvalue weighted by Gasteiger charge is 2.45. The van der Waals surface area contributed by atoms with Gasteiger partial charge < -0.3 is 30.5 Å². The lowest BCUT2D eigenvalue weighted by Crippen LogP contribution is -2.37. The standard InChI is InChI=1S/C17H16B2F5NO7/c20-16(21,10-3-11(17(22,23)24)6-13(5-10)19(31)32)9-1-8(2-12(4-9)18(29)30)15(28)25-7-14(26)27/h2-6,9,29-32H,1,7H2,(H,25,28)(H,26,27). The van der Waals surface area contributed by atoms with E-state index >= 15 is 8.78 Å². The van der Waals surface area contributed by atoms with Gasteiger partial charge in [0, 0.05) is 17.1 Å². The van der Waals surface area contributed by atoms with Crippen LogP contribution in [0.4, 0.5) is 22.0 Å². The molecule has 0 aromatic heterocycles. The molecule has 0 aliphatic heterocycles. The third-order valence-corrected chi connectivity index (χ3v) is 4.60. The number of halogens is 5. The first-order chi connectivity index (χ1) is 14.6. The predicted molar refractivity (Wildman–Crippen MR) is 100 cm³/mol. The van der Waals surface area contributed by atoms with Gasteiger partial charge >= 0.3 is 26.4 Å². The second-order valence-electron chi connectivity index (χ2n) is 6.94. The number of amides is 1. The monoisotopic (exact) mass is 463 g/mol. The molecule has 1 atom stereocenters. The molecule has 0 spiro atoms. The Morgan fingerprint density at radius 1 is 1.00 bits per heavy atom. The third-order valence-electron chi connectivity index (χ3n) is 4.60. The van der Waals surface area contributed by atoms with E-state index in [1.54, 1.807) is 0 Å². The molecule has 32 heavy (non-hydrogen) atoms. The molecule has 15 heteroatoms. The molecule has 0 saturated carbocycles. The average Bonchev–Trinajstić information content (AvgIpc) is 2.70. The molecular weight excluding hydrogens is 447 g/mol. The van der Waals surface area contributed by atoms with Crippen LogP contribution in [0.2, 0.25) is 0 Å². The number of benzene rings is 1. The summed E-state index contributed by atoms with van der Waals surface area (Å²) in [5, 5.41) is 47.7. The first-order valence-electron chi connectivity index (χ1n) is 8.88. The molecule has 2 rings (SSSR count). The number of carbonyl (C=O) groups excluding carboxylic acids is 1. The Balaban J connectivity index is 2.50. The Kier molecular flexibility index (Phi) is 7.50. The van der Waals surface area contributed by atoms with Crippen molar-refractivity contribution in [3.05, 3.63) is 52.5 Å². The van der Waals surface area contributed by atoms with Crippen molar-refractivity contribution < 1.29 is 56.7 Å². The molecule has 1 amide bonds. The lowest BCUT2D eigenvalue weighted by molar-refractivity contribution is -0.138. The van der Waals surface area contributed by atoms with Crippen molar-refractivity contribution in [1.82, 2.24) is 5.32 Å². The van der Waals surface area contributed by atoms with Crippen LogP contribution in [0.25, 0.3) is 0 Å². The predicted octanol–water partition coefficient (Wildman–Crippen LogP) is -0.437. The zero-order valence-corrected chi connectivity index (χ0v) is 16.0. The Bertz CT molecular complexity index is 963. The van der Waals surface area contributed by atoms with E-state index in [-0.39, 0.29) is 12.1 Å². The minimum Gasteiger partial charge on any atom is -0.480 e. The molecule has 0 radical (unpaired) electrons. The van der Waals surface area contributed by atoms with Gasteiger partial charge in [-0.3, -0.25) is 9.59 Å². The van der Waals surface area contributed by atoms with Gasteiger partial charge in [-0.25, -0.2) is 8.78 Å². The van der Waals surface area contributed by atoms with Gasteiger partial charge in [0.2, 0.25) is 5.91 Å². The number of alkyl halides is 5. The maximum atomic E-state index is 15.2. The Labute approximate surface area is 178 Å². The molecule has 0 bridgehead atoms. The summed E-state index contributed by atoms with van der Waals surface area (Å²) in [4.78, 5) is 22.7. The van der Waals surface area contributed by atoms with E-state index in [9.17, 15) is 42.9 Å². The number of hydrogen-bond acceptors (Lipinski definition) is 6. The number of hydrogen-bond donors (Lipinski definition) is 6. The van der Waals surface area contributed by atoms with E-state index in [2.05, 4.69) is 0 Å². The van der Waals surface area contributed by atoms with Gasteiger partial charge in [-0.1, -0.05) is 24.3 Å². The van der Waals surface area contributed by atoms with Crippen LogP contribution in [-0.4, -0.2) is 57.9 Å². The van der Waals surface area contributed by atoms with Crippen LogP contribution in [0.15, 0.2) is 41.4 Å². The number of carboxylic acid groups (broad SMARTS) is 1. The molecule has 8 nitrogen and oxygen atoms in total. The molecule has 1 aliphatic rings. The second-order valence-corrected chi connectivity index (χ2v) is 6.94. The molecule has 172 valence electrons. The number of nitrogens with one attached hydrogen (secondary N) is 1. The zero-order chi connectivity index (χ0) is 24.4. The van der Waals surface area contributed by atoms with Crippen molar-refractivity contribution in [2.24, 2.45) is 5.92 Å². The smallest absolute Gasteiger partial charge is 0.480 e. The van der Waals surface area contributed by atoms with Crippen LogP contribution >= 0.6 is 0 Å². The highest BCUT2D eigenvalue weighted by atomic mass is 19.4. The first-order valence-corrected chi connectivity index (χ1v) is 8.88. The maximum Gasteiger partial charge on any atom is 0.488 e. The van der Waals surface area contributed by atoms with Crippen molar-refractivity contribution in [3.63, 3.8) is 0 Å². The number of rotatable bonds is 7. The van der Waals surface area contributed by atoms with Crippen molar-refractivity contribution >= 4 is 31.6 Å². The summed E-state index contributed by atoms with van der Waals surface area (Å²) < 4.78 is 69.9. The summed E-state index contributed by atoms with van der Waals surface area (Å²) in [6.07, 6.45) is -4.37. The Morgan fingerprint density at radius 3 is 2.09 bits per heavy atom. The van der Waals surface area contributed by atoms with Gasteiger partial charge in [0.05, 0.1) is 5.56 Å². The molecule has 0 saturated heterocycles. The molecule has 0 heterocycles. The molecule has 1 aliphatic carbocycles. The van der Waals surface area contributed by atoms with E-state index in [0.717, 1.165) is 6.08 Å². The molecule has 1 aromatic carbocycles. The summed E-state index contributed by atoms with van der Waals surface area (Å²) in [6, 6.07) is 0.844. The van der Waals surface area contributed by atoms with Gasteiger partial charge in [-0.05, 0) is 23.4 Å². The van der Waals surface area contributed by atoms with Crippen LogP contribution in [-0.2, 0) is 21.7 Å². The van der Waals surface area contributed by atoms with Crippen molar-refractivity contribution in [3.8, 4) is 0 Å². The highest BCUT2D eigenvalue weighted by molar-refractivity contribution is 6.58. The summed E-state index contributed by atoms with van der Waals surface area (Å²) >= 11 is 0. The van der Waals surface area contributed by atoms with Crippen LogP contribution in [0.5, 0.6) is 0 Å². The lowest BCUT2D eigenvalue weighted by atomic mass is 9.70. The van der Waals surface area contributed by atoms with Crippen molar-refractivity contribution in [1.29, 1.82) is 0 Å². The highest BCUT2D eigenvalue weighted by Crippen LogP contribution is 2.44. The van der Waals surface area contributed by atoms with E-state index in [1.165, 1.54) is 0 Å². The lowest BCUT2D eigenvalue weighted by Gasteiger charge is -2.30. The first kappa shape index (κ1) is 25.5. The Morgan fingerprint density at radius 2 is 1.59 bits per heavy atom. The third kappa shape index (κ3) is 5.94. The Hall–Kier alpha value is -2.74. The molecule has 1 unspecified atom stereocenters. The van der Waals surface area contributed by atoms with Crippen LogP contribution < -0.4 is 10.8 Å². The molecule has 6 N–H and O–H groups in total.